The Kier molecular flexibility index (Phi) is 2.99. The Morgan fingerprint density at radius 3 is 2.82 bits per heavy atom. The Balaban J connectivity index is 2.71. The van der Waals surface area contributed by atoms with Gasteiger partial charge in [0.05, 0.1) is 6.04 Å². The van der Waals surface area contributed by atoms with Crippen molar-refractivity contribution in [2.45, 2.75) is 6.04 Å². The third-order valence-corrected chi connectivity index (χ3v) is 2.46. The van der Waals surface area contributed by atoms with E-state index in [1.54, 1.807) is 11.3 Å². The molecule has 4 heteroatoms. The zero-order chi connectivity index (χ0) is 8.27. The molecule has 0 fully saturated rings. The van der Waals surface area contributed by atoms with E-state index in [1.807, 2.05) is 25.7 Å². The topological polar surface area (TPSA) is 42.1 Å². The third-order valence-electron chi connectivity index (χ3n) is 1.58. The van der Waals surface area contributed by atoms with Gasteiger partial charge >= 0.3 is 0 Å². The number of likely N-dealkylation sites (N-methyl/N-ethyl adjacent to an activating group) is 1. The molecule has 0 radical (unpaired) electrons. The summed E-state index contributed by atoms with van der Waals surface area (Å²) in [6.45, 7) is 0.626. The summed E-state index contributed by atoms with van der Waals surface area (Å²) in [6.07, 6.45) is 1.81. The highest BCUT2D eigenvalue weighted by Gasteiger charge is 2.13. The second-order valence-corrected chi connectivity index (χ2v) is 3.51. The predicted octanol–water partition coefficient (Wildman–Crippen LogP) is 0.704. The number of hydrogen-bond donors (Lipinski definition) is 1. The summed E-state index contributed by atoms with van der Waals surface area (Å²) in [5, 5.41) is 3.07. The van der Waals surface area contributed by atoms with Crippen molar-refractivity contribution < 1.29 is 0 Å². The van der Waals surface area contributed by atoms with Crippen LogP contribution in [0.15, 0.2) is 11.6 Å². The molecule has 0 saturated heterocycles. The molecule has 0 aliphatic carbocycles. The van der Waals surface area contributed by atoms with Gasteiger partial charge in [0.25, 0.3) is 0 Å². The quantitative estimate of drug-likeness (QED) is 0.728. The molecule has 0 saturated carbocycles. The zero-order valence-corrected chi connectivity index (χ0v) is 7.64. The van der Waals surface area contributed by atoms with Crippen molar-refractivity contribution in [2.75, 3.05) is 20.6 Å². The number of hydrogen-bond acceptors (Lipinski definition) is 4. The summed E-state index contributed by atoms with van der Waals surface area (Å²) >= 11 is 1.65. The fraction of sp³-hybridized carbons (Fsp3) is 0.571. The molecule has 0 spiro atoms. The van der Waals surface area contributed by atoms with Crippen molar-refractivity contribution >= 4 is 11.3 Å². The van der Waals surface area contributed by atoms with Crippen LogP contribution in [0.5, 0.6) is 0 Å². The standard InChI is InChI=1S/C7H13N3S/c1-10(2)6(5-8)7-9-3-4-11-7/h3-4,6H,5,8H2,1-2H3. The van der Waals surface area contributed by atoms with Gasteiger partial charge in [0.1, 0.15) is 5.01 Å². The summed E-state index contributed by atoms with van der Waals surface area (Å²) in [5.41, 5.74) is 5.59. The van der Waals surface area contributed by atoms with Gasteiger partial charge in [-0.15, -0.1) is 11.3 Å². The highest BCUT2D eigenvalue weighted by Crippen LogP contribution is 2.18. The minimum absolute atomic E-state index is 0.273. The van der Waals surface area contributed by atoms with Crippen LogP contribution < -0.4 is 5.73 Å². The summed E-state index contributed by atoms with van der Waals surface area (Å²) in [7, 11) is 4.03. The van der Waals surface area contributed by atoms with E-state index < -0.39 is 0 Å². The van der Waals surface area contributed by atoms with Gasteiger partial charge in [0, 0.05) is 18.1 Å². The van der Waals surface area contributed by atoms with E-state index in [0.717, 1.165) is 5.01 Å². The van der Waals surface area contributed by atoms with Crippen LogP contribution in [0.2, 0.25) is 0 Å². The molecule has 2 N–H and O–H groups in total. The smallest absolute Gasteiger partial charge is 0.111 e. The van der Waals surface area contributed by atoms with Crippen LogP contribution in [0.1, 0.15) is 11.0 Å². The molecular formula is C7H13N3S. The summed E-state index contributed by atoms with van der Waals surface area (Å²) in [4.78, 5) is 6.29. The summed E-state index contributed by atoms with van der Waals surface area (Å²) < 4.78 is 0. The molecule has 11 heavy (non-hydrogen) atoms. The first-order chi connectivity index (χ1) is 5.25. The maximum absolute atomic E-state index is 5.59. The Hall–Kier alpha value is -0.450. The SMILES string of the molecule is CN(C)C(CN)c1nccs1. The number of aromatic nitrogens is 1. The van der Waals surface area contributed by atoms with E-state index in [0.29, 0.717) is 6.54 Å². The highest BCUT2D eigenvalue weighted by atomic mass is 32.1. The van der Waals surface area contributed by atoms with Gasteiger partial charge in [-0.1, -0.05) is 0 Å². The lowest BCUT2D eigenvalue weighted by atomic mass is 10.3. The summed E-state index contributed by atoms with van der Waals surface area (Å²) in [5.74, 6) is 0. The molecule has 0 aliphatic rings. The van der Waals surface area contributed by atoms with Gasteiger partial charge in [0.2, 0.25) is 0 Å². The first-order valence-electron chi connectivity index (χ1n) is 3.51. The lowest BCUT2D eigenvalue weighted by molar-refractivity contribution is 0.305. The molecule has 1 rings (SSSR count). The van der Waals surface area contributed by atoms with Crippen LogP contribution in [-0.2, 0) is 0 Å². The molecule has 62 valence electrons. The van der Waals surface area contributed by atoms with Crippen LogP contribution >= 0.6 is 11.3 Å². The average molecular weight is 171 g/mol. The average Bonchev–Trinajstić information content (AvgIpc) is 2.40. The first-order valence-corrected chi connectivity index (χ1v) is 4.39. The van der Waals surface area contributed by atoms with Gasteiger partial charge in [-0.3, -0.25) is 4.90 Å². The Morgan fingerprint density at radius 1 is 1.73 bits per heavy atom. The molecule has 0 aromatic carbocycles. The first kappa shape index (κ1) is 8.64. The predicted molar refractivity (Wildman–Crippen MR) is 47.6 cm³/mol. The molecule has 0 aliphatic heterocycles. The molecule has 0 bridgehead atoms. The van der Waals surface area contributed by atoms with E-state index >= 15 is 0 Å². The van der Waals surface area contributed by atoms with Gasteiger partial charge in [-0.2, -0.15) is 0 Å². The molecule has 3 nitrogen and oxygen atoms in total. The van der Waals surface area contributed by atoms with Crippen molar-refractivity contribution in [2.24, 2.45) is 5.73 Å². The Bertz CT molecular complexity index is 195. The second-order valence-electron chi connectivity index (χ2n) is 2.59. The van der Waals surface area contributed by atoms with Crippen LogP contribution in [-0.4, -0.2) is 30.5 Å². The van der Waals surface area contributed by atoms with E-state index in [4.69, 9.17) is 5.73 Å². The minimum atomic E-state index is 0.273. The molecule has 0 amide bonds. The fourth-order valence-electron chi connectivity index (χ4n) is 0.932. The van der Waals surface area contributed by atoms with Gasteiger partial charge < -0.3 is 5.73 Å². The number of nitrogens with two attached hydrogens (primary N) is 1. The van der Waals surface area contributed by atoms with Crippen LogP contribution in [0.4, 0.5) is 0 Å². The largest absolute Gasteiger partial charge is 0.329 e. The molecule has 1 unspecified atom stereocenters. The van der Waals surface area contributed by atoms with Crippen molar-refractivity contribution in [3.63, 3.8) is 0 Å². The fourth-order valence-corrected chi connectivity index (χ4v) is 1.78. The van der Waals surface area contributed by atoms with Gasteiger partial charge in [0.15, 0.2) is 0 Å². The third kappa shape index (κ3) is 1.99. The molecule has 1 heterocycles. The van der Waals surface area contributed by atoms with Crippen molar-refractivity contribution in [1.29, 1.82) is 0 Å². The van der Waals surface area contributed by atoms with E-state index in [1.165, 1.54) is 0 Å². The Labute approximate surface area is 70.9 Å². The number of thiazole rings is 1. The second kappa shape index (κ2) is 3.80. The number of rotatable bonds is 3. The molecular weight excluding hydrogens is 158 g/mol. The molecule has 1 aromatic heterocycles. The monoisotopic (exact) mass is 171 g/mol. The lowest BCUT2D eigenvalue weighted by Crippen LogP contribution is -2.26. The van der Waals surface area contributed by atoms with Gasteiger partial charge in [-0.05, 0) is 14.1 Å². The van der Waals surface area contributed by atoms with E-state index in [9.17, 15) is 0 Å². The van der Waals surface area contributed by atoms with Crippen molar-refractivity contribution in [3.8, 4) is 0 Å². The van der Waals surface area contributed by atoms with Gasteiger partial charge in [-0.25, -0.2) is 4.98 Å². The van der Waals surface area contributed by atoms with Crippen molar-refractivity contribution in [1.82, 2.24) is 9.88 Å². The molecule has 1 atom stereocenters. The van der Waals surface area contributed by atoms with Crippen LogP contribution in [0.25, 0.3) is 0 Å². The maximum Gasteiger partial charge on any atom is 0.111 e. The van der Waals surface area contributed by atoms with Crippen LogP contribution in [0.3, 0.4) is 0 Å². The van der Waals surface area contributed by atoms with E-state index in [-0.39, 0.29) is 6.04 Å². The van der Waals surface area contributed by atoms with Crippen LogP contribution in [0, 0.1) is 0 Å². The highest BCUT2D eigenvalue weighted by molar-refractivity contribution is 7.09. The number of nitrogens with zero attached hydrogens (tertiary/aromatic N) is 2. The Morgan fingerprint density at radius 2 is 2.45 bits per heavy atom. The van der Waals surface area contributed by atoms with E-state index in [2.05, 4.69) is 9.88 Å². The van der Waals surface area contributed by atoms with Crippen molar-refractivity contribution in [3.05, 3.63) is 16.6 Å². The zero-order valence-electron chi connectivity index (χ0n) is 6.82. The molecule has 1 aromatic rings. The lowest BCUT2D eigenvalue weighted by Gasteiger charge is -2.19. The maximum atomic E-state index is 5.59. The normalized spacial score (nSPS) is 13.8. The minimum Gasteiger partial charge on any atom is -0.329 e. The summed E-state index contributed by atoms with van der Waals surface area (Å²) in [6, 6.07) is 0.273.